The van der Waals surface area contributed by atoms with Gasteiger partial charge in [0.2, 0.25) is 5.91 Å². The molecule has 2 amide bonds. The lowest BCUT2D eigenvalue weighted by Crippen LogP contribution is -2.65. The average Bonchev–Trinajstić information content (AvgIpc) is 3.26. The zero-order valence-electron chi connectivity index (χ0n) is 22.0. The fraction of sp³-hybridized carbons (Fsp3) is 0.467. The Bertz CT molecular complexity index is 1200. The molecule has 0 saturated heterocycles. The third-order valence-corrected chi connectivity index (χ3v) is 7.55. The molecule has 2 unspecified atom stereocenters. The number of carbonyl (C=O) groups is 2. The molecule has 0 aliphatic carbocycles. The van der Waals surface area contributed by atoms with E-state index in [9.17, 15) is 9.59 Å². The number of unbranched alkanes of at least 4 members (excludes halogenated alkanes) is 1. The summed E-state index contributed by atoms with van der Waals surface area (Å²) in [5.74, 6) is 0.565. The summed E-state index contributed by atoms with van der Waals surface area (Å²) in [5.41, 5.74) is 1.79. The highest BCUT2D eigenvalue weighted by Crippen LogP contribution is 2.34. The third kappa shape index (κ3) is 5.13. The second-order valence-corrected chi connectivity index (χ2v) is 10.1. The van der Waals surface area contributed by atoms with E-state index in [4.69, 9.17) is 4.74 Å². The van der Waals surface area contributed by atoms with Crippen LogP contribution in [-0.4, -0.2) is 46.5 Å². The summed E-state index contributed by atoms with van der Waals surface area (Å²) in [7, 11) is 1.64. The van der Waals surface area contributed by atoms with Gasteiger partial charge in [-0.05, 0) is 56.4 Å². The number of nitrogens with one attached hydrogen (secondary N) is 1. The minimum atomic E-state index is -0.991. The Morgan fingerprint density at radius 1 is 1.11 bits per heavy atom. The van der Waals surface area contributed by atoms with E-state index in [1.165, 1.54) is 5.56 Å². The summed E-state index contributed by atoms with van der Waals surface area (Å²) in [6.45, 7) is 7.12. The molecular weight excluding hydrogens is 450 g/mol. The number of aromatic nitrogens is 1. The summed E-state index contributed by atoms with van der Waals surface area (Å²) >= 11 is 0. The smallest absolute Gasteiger partial charge is 0.271 e. The molecule has 0 radical (unpaired) electrons. The number of methoxy groups -OCH3 is 1. The molecular formula is C30H39N3O3. The number of nitrogens with zero attached hydrogens (tertiary/aromatic N) is 2. The number of ether oxygens (including phenoxy) is 1. The number of aryl methyl sites for hydroxylation is 1. The minimum Gasteiger partial charge on any atom is -0.497 e. The highest BCUT2D eigenvalue weighted by molar-refractivity contribution is 6.03. The normalized spacial score (nSPS) is 18.2. The number of carbonyl (C=O) groups excluding carboxylic acids is 2. The van der Waals surface area contributed by atoms with Gasteiger partial charge < -0.3 is 19.5 Å². The Labute approximate surface area is 214 Å². The molecule has 36 heavy (non-hydrogen) atoms. The van der Waals surface area contributed by atoms with E-state index in [1.54, 1.807) is 7.11 Å². The first-order valence-electron chi connectivity index (χ1n) is 13.3. The van der Waals surface area contributed by atoms with Gasteiger partial charge in [-0.3, -0.25) is 9.59 Å². The van der Waals surface area contributed by atoms with Gasteiger partial charge in [0.1, 0.15) is 17.0 Å². The summed E-state index contributed by atoms with van der Waals surface area (Å²) in [6.07, 6.45) is 5.64. The van der Waals surface area contributed by atoms with Gasteiger partial charge in [0.25, 0.3) is 5.91 Å². The highest BCUT2D eigenvalue weighted by Gasteiger charge is 2.47. The Morgan fingerprint density at radius 3 is 2.58 bits per heavy atom. The number of benzene rings is 2. The molecule has 0 spiro atoms. The maximum atomic E-state index is 13.9. The number of rotatable bonds is 11. The Hall–Kier alpha value is -3.28. The van der Waals surface area contributed by atoms with Crippen LogP contribution in [0, 0.1) is 0 Å². The quantitative estimate of drug-likeness (QED) is 0.382. The van der Waals surface area contributed by atoms with Gasteiger partial charge in [-0.15, -0.1) is 0 Å². The molecule has 2 aromatic carbocycles. The molecule has 0 bridgehead atoms. The SMILES string of the molecule is CCCCC(CC)NC(=O)C1(C)Cn2c(cc3ccc(OC)cc32)C(=O)N1CCCc1ccccc1. The second kappa shape index (κ2) is 11.2. The van der Waals surface area contributed by atoms with E-state index in [0.29, 0.717) is 18.8 Å². The molecule has 2 heterocycles. The first-order chi connectivity index (χ1) is 17.4. The molecule has 3 aromatic rings. The van der Waals surface area contributed by atoms with Crippen LogP contribution in [0.25, 0.3) is 10.9 Å². The lowest BCUT2D eigenvalue weighted by molar-refractivity contribution is -0.133. The molecule has 4 rings (SSSR count). The van der Waals surface area contributed by atoms with Crippen molar-refractivity contribution in [1.29, 1.82) is 0 Å². The van der Waals surface area contributed by atoms with Crippen molar-refractivity contribution in [3.05, 3.63) is 65.9 Å². The van der Waals surface area contributed by atoms with Crippen molar-refractivity contribution < 1.29 is 14.3 Å². The van der Waals surface area contributed by atoms with Crippen molar-refractivity contribution in [1.82, 2.24) is 14.8 Å². The van der Waals surface area contributed by atoms with Crippen molar-refractivity contribution in [2.75, 3.05) is 13.7 Å². The summed E-state index contributed by atoms with van der Waals surface area (Å²) in [6, 6.07) is 18.2. The molecule has 0 fully saturated rings. The van der Waals surface area contributed by atoms with Crippen LogP contribution in [0.1, 0.15) is 68.9 Å². The topological polar surface area (TPSA) is 63.6 Å². The third-order valence-electron chi connectivity index (χ3n) is 7.55. The number of fused-ring (bicyclic) bond motifs is 3. The Balaban J connectivity index is 1.67. The zero-order chi connectivity index (χ0) is 25.7. The van der Waals surface area contributed by atoms with Crippen LogP contribution >= 0.6 is 0 Å². The van der Waals surface area contributed by atoms with Crippen LogP contribution in [0.4, 0.5) is 0 Å². The van der Waals surface area contributed by atoms with Crippen molar-refractivity contribution in [2.24, 2.45) is 0 Å². The second-order valence-electron chi connectivity index (χ2n) is 10.1. The van der Waals surface area contributed by atoms with Crippen LogP contribution in [0.5, 0.6) is 5.75 Å². The van der Waals surface area contributed by atoms with Gasteiger partial charge in [-0.2, -0.15) is 0 Å². The van der Waals surface area contributed by atoms with E-state index in [0.717, 1.165) is 55.2 Å². The van der Waals surface area contributed by atoms with Crippen LogP contribution in [0.3, 0.4) is 0 Å². The standard InChI is InChI=1S/C30H39N3O3/c1-5-7-15-24(6-2)31-29(35)30(3)21-32-26-20-25(36-4)17-16-23(26)19-27(32)28(34)33(30)18-11-14-22-12-9-8-10-13-22/h8-10,12-13,16-17,19-20,24H,5-7,11,14-15,18,21H2,1-4H3,(H,31,35). The molecule has 1 N–H and O–H groups in total. The summed E-state index contributed by atoms with van der Waals surface area (Å²) in [5, 5.41) is 4.27. The van der Waals surface area contributed by atoms with Gasteiger partial charge in [0.15, 0.2) is 0 Å². The van der Waals surface area contributed by atoms with Crippen LogP contribution in [-0.2, 0) is 17.8 Å². The molecule has 1 aromatic heterocycles. The van der Waals surface area contributed by atoms with E-state index in [1.807, 2.05) is 58.9 Å². The fourth-order valence-electron chi connectivity index (χ4n) is 5.26. The lowest BCUT2D eigenvalue weighted by Gasteiger charge is -2.44. The Morgan fingerprint density at radius 2 is 1.89 bits per heavy atom. The van der Waals surface area contributed by atoms with Crippen LogP contribution < -0.4 is 10.1 Å². The number of amides is 2. The largest absolute Gasteiger partial charge is 0.497 e. The van der Waals surface area contributed by atoms with Crippen LogP contribution in [0.2, 0.25) is 0 Å². The summed E-state index contributed by atoms with van der Waals surface area (Å²) in [4.78, 5) is 29.6. The van der Waals surface area contributed by atoms with E-state index < -0.39 is 5.54 Å². The van der Waals surface area contributed by atoms with E-state index >= 15 is 0 Å². The predicted octanol–water partition coefficient (Wildman–Crippen LogP) is 5.58. The predicted molar refractivity (Wildman–Crippen MR) is 144 cm³/mol. The van der Waals surface area contributed by atoms with Gasteiger partial charge >= 0.3 is 0 Å². The van der Waals surface area contributed by atoms with Crippen LogP contribution in [0.15, 0.2) is 54.6 Å². The first-order valence-corrected chi connectivity index (χ1v) is 13.3. The lowest BCUT2D eigenvalue weighted by atomic mass is 9.93. The molecule has 6 heteroatoms. The average molecular weight is 490 g/mol. The Kier molecular flexibility index (Phi) is 8.02. The molecule has 192 valence electrons. The van der Waals surface area contributed by atoms with Crippen molar-refractivity contribution in [2.45, 2.75) is 77.4 Å². The van der Waals surface area contributed by atoms with Gasteiger partial charge in [0, 0.05) is 24.0 Å². The van der Waals surface area contributed by atoms with E-state index in [-0.39, 0.29) is 17.9 Å². The van der Waals surface area contributed by atoms with Gasteiger partial charge in [-0.1, -0.05) is 57.0 Å². The molecule has 2 atom stereocenters. The number of hydrogen-bond acceptors (Lipinski definition) is 3. The highest BCUT2D eigenvalue weighted by atomic mass is 16.5. The van der Waals surface area contributed by atoms with Crippen molar-refractivity contribution in [3.63, 3.8) is 0 Å². The molecule has 1 aliphatic heterocycles. The molecule has 0 saturated carbocycles. The zero-order valence-corrected chi connectivity index (χ0v) is 22.0. The molecule has 6 nitrogen and oxygen atoms in total. The van der Waals surface area contributed by atoms with Gasteiger partial charge in [0.05, 0.1) is 19.2 Å². The number of hydrogen-bond donors (Lipinski definition) is 1. The monoisotopic (exact) mass is 489 g/mol. The fourth-order valence-corrected chi connectivity index (χ4v) is 5.26. The minimum absolute atomic E-state index is 0.0751. The first kappa shape index (κ1) is 25.8. The summed E-state index contributed by atoms with van der Waals surface area (Å²) < 4.78 is 7.44. The maximum absolute atomic E-state index is 13.9. The van der Waals surface area contributed by atoms with E-state index in [2.05, 4.69) is 31.3 Å². The van der Waals surface area contributed by atoms with Crippen molar-refractivity contribution in [3.8, 4) is 5.75 Å². The van der Waals surface area contributed by atoms with Gasteiger partial charge in [-0.25, -0.2) is 0 Å². The van der Waals surface area contributed by atoms with Crippen molar-refractivity contribution >= 4 is 22.7 Å². The maximum Gasteiger partial charge on any atom is 0.271 e. The molecule has 1 aliphatic rings.